The van der Waals surface area contributed by atoms with E-state index in [2.05, 4.69) is 21.0 Å². The van der Waals surface area contributed by atoms with Gasteiger partial charge >= 0.3 is 6.18 Å². The number of carbonyl (C=O) groups excluding carboxylic acids is 1. The van der Waals surface area contributed by atoms with Gasteiger partial charge in [-0.1, -0.05) is 18.2 Å². The van der Waals surface area contributed by atoms with Crippen LogP contribution in [0.4, 0.5) is 19.0 Å². The van der Waals surface area contributed by atoms with E-state index in [-0.39, 0.29) is 36.6 Å². The summed E-state index contributed by atoms with van der Waals surface area (Å²) < 4.78 is 53.9. The van der Waals surface area contributed by atoms with Crippen molar-refractivity contribution in [1.82, 2.24) is 20.4 Å². The van der Waals surface area contributed by atoms with Crippen molar-refractivity contribution in [2.75, 3.05) is 32.6 Å². The number of halogens is 4. The van der Waals surface area contributed by atoms with Crippen LogP contribution in [0.25, 0.3) is 11.3 Å². The van der Waals surface area contributed by atoms with Crippen molar-refractivity contribution in [3.63, 3.8) is 0 Å². The summed E-state index contributed by atoms with van der Waals surface area (Å²) in [6.07, 6.45) is -3.85. The van der Waals surface area contributed by atoms with Gasteiger partial charge < -0.3 is 25.4 Å². The molecule has 0 radical (unpaired) electrons. The van der Waals surface area contributed by atoms with Gasteiger partial charge in [-0.05, 0) is 42.8 Å². The van der Waals surface area contributed by atoms with E-state index in [4.69, 9.17) is 9.47 Å². The van der Waals surface area contributed by atoms with E-state index in [1.165, 1.54) is 14.2 Å². The van der Waals surface area contributed by atoms with Gasteiger partial charge in [-0.3, -0.25) is 4.79 Å². The Hall–Kier alpha value is -3.44. The lowest BCUT2D eigenvalue weighted by atomic mass is 9.96. The van der Waals surface area contributed by atoms with Gasteiger partial charge in [0.05, 0.1) is 26.0 Å². The lowest BCUT2D eigenvalue weighted by Crippen LogP contribution is -2.36. The number of anilines is 1. The number of nitrogens with one attached hydrogen (secondary N) is 3. The summed E-state index contributed by atoms with van der Waals surface area (Å²) in [5.41, 5.74) is 2.14. The second kappa shape index (κ2) is 11.1. The summed E-state index contributed by atoms with van der Waals surface area (Å²) >= 11 is 0. The Kier molecular flexibility index (Phi) is 8.08. The Labute approximate surface area is 224 Å². The number of rotatable bonds is 6. The molecule has 2 aliphatic rings. The maximum atomic E-state index is 14.1. The third-order valence-corrected chi connectivity index (χ3v) is 6.84. The molecule has 1 amide bonds. The summed E-state index contributed by atoms with van der Waals surface area (Å²) in [7, 11) is 2.98. The highest BCUT2D eigenvalue weighted by atomic mass is 35.5. The van der Waals surface area contributed by atoms with Crippen molar-refractivity contribution >= 4 is 24.1 Å². The summed E-state index contributed by atoms with van der Waals surface area (Å²) in [5, 5.41) is 13.7. The predicted octanol–water partition coefficient (Wildman–Crippen LogP) is 4.74. The minimum absolute atomic E-state index is 0. The van der Waals surface area contributed by atoms with Crippen LogP contribution in [0.2, 0.25) is 0 Å². The molecule has 3 N–H and O–H groups in total. The fourth-order valence-corrected chi connectivity index (χ4v) is 4.84. The molecule has 38 heavy (non-hydrogen) atoms. The Bertz CT molecular complexity index is 1280. The maximum absolute atomic E-state index is 14.1. The standard InChI is InChI=1S/C26H28F3N5O3.ClH/c1-36-21-8-7-17(11-22(21)37-2)19-12-23(26(27,28)29)34-24(32-19)13-20(33-34)15-3-5-16(6-4-15)25(35)31-18-9-10-30-14-18;/h3-8,11,13,18-19,23,30,32H,9-10,12,14H2,1-2H3,(H,31,35);1H. The quantitative estimate of drug-likeness (QED) is 0.410. The molecular formula is C26H29ClF3N5O3. The minimum Gasteiger partial charge on any atom is -0.493 e. The molecular weight excluding hydrogens is 523 g/mol. The number of hydrogen-bond donors (Lipinski definition) is 3. The van der Waals surface area contributed by atoms with E-state index in [1.54, 1.807) is 48.5 Å². The number of methoxy groups -OCH3 is 2. The number of carbonyl (C=O) groups is 1. The topological polar surface area (TPSA) is 89.4 Å². The van der Waals surface area contributed by atoms with Crippen LogP contribution in [-0.4, -0.2) is 55.2 Å². The summed E-state index contributed by atoms with van der Waals surface area (Å²) in [6, 6.07) is 11.1. The molecule has 1 aromatic heterocycles. The van der Waals surface area contributed by atoms with E-state index in [1.807, 2.05) is 0 Å². The maximum Gasteiger partial charge on any atom is 0.410 e. The molecule has 0 saturated carbocycles. The van der Waals surface area contributed by atoms with Gasteiger partial charge in [-0.2, -0.15) is 18.3 Å². The Balaban J connectivity index is 0.00000336. The smallest absolute Gasteiger partial charge is 0.410 e. The van der Waals surface area contributed by atoms with Crippen molar-refractivity contribution < 1.29 is 27.4 Å². The first-order chi connectivity index (χ1) is 17.8. The number of fused-ring (bicyclic) bond motifs is 1. The highest BCUT2D eigenvalue weighted by molar-refractivity contribution is 5.94. The molecule has 5 rings (SSSR count). The van der Waals surface area contributed by atoms with E-state index in [9.17, 15) is 18.0 Å². The normalized spacial score (nSPS) is 20.6. The van der Waals surface area contributed by atoms with E-state index < -0.39 is 18.3 Å². The SMILES string of the molecule is COc1ccc(C2CC(C(F)(F)F)n3nc(-c4ccc(C(=O)NC5CCNC5)cc4)cc3N2)cc1OC.Cl. The van der Waals surface area contributed by atoms with Gasteiger partial charge in [0, 0.05) is 36.2 Å². The van der Waals surface area contributed by atoms with Gasteiger partial charge in [0.1, 0.15) is 5.82 Å². The van der Waals surface area contributed by atoms with Crippen LogP contribution in [0.5, 0.6) is 11.5 Å². The Morgan fingerprint density at radius 2 is 1.82 bits per heavy atom. The Morgan fingerprint density at radius 1 is 1.08 bits per heavy atom. The molecule has 2 aromatic carbocycles. The van der Waals surface area contributed by atoms with Crippen LogP contribution < -0.4 is 25.4 Å². The highest BCUT2D eigenvalue weighted by Gasteiger charge is 2.46. The Morgan fingerprint density at radius 3 is 2.45 bits per heavy atom. The summed E-state index contributed by atoms with van der Waals surface area (Å²) in [6.45, 7) is 1.61. The van der Waals surface area contributed by atoms with Crippen LogP contribution >= 0.6 is 12.4 Å². The fraction of sp³-hybridized carbons (Fsp3) is 0.385. The zero-order valence-electron chi connectivity index (χ0n) is 20.8. The van der Waals surface area contributed by atoms with E-state index in [0.29, 0.717) is 33.9 Å². The summed E-state index contributed by atoms with van der Waals surface area (Å²) in [5.74, 6) is 1.03. The van der Waals surface area contributed by atoms with E-state index in [0.717, 1.165) is 24.2 Å². The molecule has 3 unspecified atom stereocenters. The molecule has 3 aromatic rings. The zero-order chi connectivity index (χ0) is 26.2. The molecule has 1 saturated heterocycles. The first kappa shape index (κ1) is 27.6. The van der Waals surface area contributed by atoms with Crippen LogP contribution in [0.1, 0.15) is 40.8 Å². The van der Waals surface area contributed by atoms with Gasteiger partial charge in [0.15, 0.2) is 17.5 Å². The molecule has 3 atom stereocenters. The molecule has 3 heterocycles. The molecule has 8 nitrogen and oxygen atoms in total. The lowest BCUT2D eigenvalue weighted by Gasteiger charge is -2.33. The van der Waals surface area contributed by atoms with Crippen molar-refractivity contribution in [2.24, 2.45) is 0 Å². The predicted molar refractivity (Wildman–Crippen MR) is 139 cm³/mol. The van der Waals surface area contributed by atoms with Gasteiger partial charge in [0.25, 0.3) is 5.91 Å². The van der Waals surface area contributed by atoms with Gasteiger partial charge in [0.2, 0.25) is 0 Å². The third-order valence-electron chi connectivity index (χ3n) is 6.84. The van der Waals surface area contributed by atoms with Gasteiger partial charge in [-0.15, -0.1) is 12.4 Å². The van der Waals surface area contributed by atoms with E-state index >= 15 is 0 Å². The summed E-state index contributed by atoms with van der Waals surface area (Å²) in [4.78, 5) is 12.5. The second-order valence-electron chi connectivity index (χ2n) is 9.20. The third kappa shape index (κ3) is 5.53. The fourth-order valence-electron chi connectivity index (χ4n) is 4.84. The monoisotopic (exact) mass is 551 g/mol. The molecule has 0 aliphatic carbocycles. The molecule has 0 bridgehead atoms. The number of ether oxygens (including phenoxy) is 2. The number of nitrogens with zero attached hydrogens (tertiary/aromatic N) is 2. The van der Waals surface area contributed by atoms with Crippen LogP contribution in [0.15, 0.2) is 48.5 Å². The molecule has 204 valence electrons. The zero-order valence-corrected chi connectivity index (χ0v) is 21.7. The van der Waals surface area contributed by atoms with Gasteiger partial charge in [-0.25, -0.2) is 4.68 Å². The van der Waals surface area contributed by atoms with Crippen molar-refractivity contribution in [2.45, 2.75) is 37.1 Å². The molecule has 2 aliphatic heterocycles. The average molecular weight is 552 g/mol. The number of amides is 1. The molecule has 12 heteroatoms. The number of hydrogen-bond acceptors (Lipinski definition) is 6. The number of alkyl halides is 3. The van der Waals surface area contributed by atoms with Crippen LogP contribution in [0, 0.1) is 0 Å². The first-order valence-electron chi connectivity index (χ1n) is 12.0. The lowest BCUT2D eigenvalue weighted by molar-refractivity contribution is -0.173. The van der Waals surface area contributed by atoms with Crippen molar-refractivity contribution in [3.05, 3.63) is 59.7 Å². The van der Waals surface area contributed by atoms with Crippen LogP contribution in [0.3, 0.4) is 0 Å². The van der Waals surface area contributed by atoms with Crippen LogP contribution in [-0.2, 0) is 0 Å². The number of benzene rings is 2. The average Bonchev–Trinajstić information content (AvgIpc) is 3.57. The van der Waals surface area contributed by atoms with Crippen molar-refractivity contribution in [1.29, 1.82) is 0 Å². The molecule has 0 spiro atoms. The molecule has 1 fully saturated rings. The van der Waals surface area contributed by atoms with Crippen molar-refractivity contribution in [3.8, 4) is 22.8 Å². The number of aromatic nitrogens is 2. The highest BCUT2D eigenvalue weighted by Crippen LogP contribution is 2.45. The largest absolute Gasteiger partial charge is 0.493 e. The first-order valence-corrected chi connectivity index (χ1v) is 12.0. The second-order valence-corrected chi connectivity index (χ2v) is 9.20. The minimum atomic E-state index is -4.49.